The van der Waals surface area contributed by atoms with Crippen LogP contribution in [0.3, 0.4) is 0 Å². The van der Waals surface area contributed by atoms with Gasteiger partial charge in [0.1, 0.15) is 5.82 Å². The Morgan fingerprint density at radius 1 is 1.17 bits per heavy atom. The number of carbonyl (C=O) groups is 2. The van der Waals surface area contributed by atoms with E-state index in [1.54, 1.807) is 31.3 Å². The third kappa shape index (κ3) is 5.25. The smallest absolute Gasteiger partial charge is 0.339 e. The van der Waals surface area contributed by atoms with Crippen LogP contribution in [0.2, 0.25) is 5.02 Å². The number of aromatic nitrogens is 1. The highest BCUT2D eigenvalue weighted by Gasteiger charge is 2.26. The summed E-state index contributed by atoms with van der Waals surface area (Å²) in [7, 11) is 0. The Morgan fingerprint density at radius 3 is 2.52 bits per heavy atom. The number of ether oxygens (including phenoxy) is 1. The van der Waals surface area contributed by atoms with Crippen molar-refractivity contribution in [3.05, 3.63) is 53.2 Å². The normalized spacial score (nSPS) is 15.6. The van der Waals surface area contributed by atoms with Crippen LogP contribution in [-0.4, -0.2) is 60.6 Å². The molecule has 1 aromatic heterocycles. The SMILES string of the molecule is CCOC(=O)c1ccc(N2CCN(C(C)C(=O)Nc3ccccc3Cl)CC2)nc1. The Labute approximate surface area is 175 Å². The lowest BCUT2D eigenvalue weighted by Gasteiger charge is -2.38. The number of carbonyl (C=O) groups excluding carboxylic acids is 2. The van der Waals surface area contributed by atoms with Gasteiger partial charge in [0.2, 0.25) is 5.91 Å². The van der Waals surface area contributed by atoms with Crippen molar-refractivity contribution < 1.29 is 14.3 Å². The lowest BCUT2D eigenvalue weighted by Crippen LogP contribution is -2.53. The number of rotatable bonds is 6. The molecule has 1 aromatic carbocycles. The van der Waals surface area contributed by atoms with Gasteiger partial charge >= 0.3 is 5.97 Å². The molecule has 8 heteroatoms. The minimum Gasteiger partial charge on any atom is -0.462 e. The number of amides is 1. The average Bonchev–Trinajstić information content (AvgIpc) is 2.75. The fraction of sp³-hybridized carbons (Fsp3) is 0.381. The molecule has 1 amide bonds. The quantitative estimate of drug-likeness (QED) is 0.729. The molecule has 1 saturated heterocycles. The first-order valence-electron chi connectivity index (χ1n) is 9.67. The van der Waals surface area contributed by atoms with Gasteiger partial charge in [-0.2, -0.15) is 0 Å². The molecule has 0 bridgehead atoms. The number of hydrogen-bond donors (Lipinski definition) is 1. The number of nitrogens with one attached hydrogen (secondary N) is 1. The summed E-state index contributed by atoms with van der Waals surface area (Å²) >= 11 is 6.12. The zero-order valence-electron chi connectivity index (χ0n) is 16.6. The number of pyridine rings is 1. The molecule has 1 N–H and O–H groups in total. The number of nitrogens with zero attached hydrogens (tertiary/aromatic N) is 3. The molecule has 3 rings (SSSR count). The van der Waals surface area contributed by atoms with E-state index in [2.05, 4.69) is 20.1 Å². The number of anilines is 2. The minimum absolute atomic E-state index is 0.0801. The van der Waals surface area contributed by atoms with E-state index in [9.17, 15) is 9.59 Å². The van der Waals surface area contributed by atoms with Gasteiger partial charge in [-0.15, -0.1) is 0 Å². The van der Waals surface area contributed by atoms with Gasteiger partial charge in [0, 0.05) is 32.4 Å². The van der Waals surface area contributed by atoms with E-state index < -0.39 is 0 Å². The van der Waals surface area contributed by atoms with E-state index >= 15 is 0 Å². The summed E-state index contributed by atoms with van der Waals surface area (Å²) in [6.07, 6.45) is 1.54. The highest BCUT2D eigenvalue weighted by Crippen LogP contribution is 2.21. The maximum absolute atomic E-state index is 12.6. The van der Waals surface area contributed by atoms with Crippen LogP contribution in [0.1, 0.15) is 24.2 Å². The van der Waals surface area contributed by atoms with E-state index in [1.807, 2.05) is 25.1 Å². The van der Waals surface area contributed by atoms with Gasteiger partial charge < -0.3 is 15.0 Å². The Morgan fingerprint density at radius 2 is 1.90 bits per heavy atom. The Hall–Kier alpha value is -2.64. The molecule has 154 valence electrons. The minimum atomic E-state index is -0.366. The fourth-order valence-electron chi connectivity index (χ4n) is 3.21. The number of esters is 1. The van der Waals surface area contributed by atoms with Gasteiger partial charge in [-0.1, -0.05) is 23.7 Å². The zero-order valence-corrected chi connectivity index (χ0v) is 17.4. The standard InChI is InChI=1S/C21H25ClN4O3/c1-3-29-21(28)16-8-9-19(23-14-16)26-12-10-25(11-13-26)15(2)20(27)24-18-7-5-4-6-17(18)22/h4-9,14-15H,3,10-13H2,1-2H3,(H,24,27). The summed E-state index contributed by atoms with van der Waals surface area (Å²) in [5.74, 6) is 0.365. The molecule has 29 heavy (non-hydrogen) atoms. The van der Waals surface area contributed by atoms with Gasteiger partial charge in [-0.05, 0) is 38.1 Å². The van der Waals surface area contributed by atoms with Crippen molar-refractivity contribution in [2.24, 2.45) is 0 Å². The van der Waals surface area contributed by atoms with Crippen LogP contribution >= 0.6 is 11.6 Å². The van der Waals surface area contributed by atoms with Crippen molar-refractivity contribution in [1.29, 1.82) is 0 Å². The van der Waals surface area contributed by atoms with Crippen LogP contribution in [0.5, 0.6) is 0 Å². The molecule has 1 atom stereocenters. The van der Waals surface area contributed by atoms with Crippen molar-refractivity contribution in [2.45, 2.75) is 19.9 Å². The van der Waals surface area contributed by atoms with E-state index in [4.69, 9.17) is 16.3 Å². The highest BCUT2D eigenvalue weighted by molar-refractivity contribution is 6.33. The first-order valence-corrected chi connectivity index (χ1v) is 10.0. The van der Waals surface area contributed by atoms with Crippen molar-refractivity contribution in [1.82, 2.24) is 9.88 Å². The largest absolute Gasteiger partial charge is 0.462 e. The van der Waals surface area contributed by atoms with E-state index in [-0.39, 0.29) is 17.9 Å². The lowest BCUT2D eigenvalue weighted by atomic mass is 10.2. The summed E-state index contributed by atoms with van der Waals surface area (Å²) in [5, 5.41) is 3.42. The molecular weight excluding hydrogens is 392 g/mol. The predicted molar refractivity (Wildman–Crippen MR) is 114 cm³/mol. The second-order valence-electron chi connectivity index (χ2n) is 6.79. The zero-order chi connectivity index (χ0) is 20.8. The monoisotopic (exact) mass is 416 g/mol. The summed E-state index contributed by atoms with van der Waals surface area (Å²) < 4.78 is 4.98. The van der Waals surface area contributed by atoms with Crippen LogP contribution in [0.25, 0.3) is 0 Å². The lowest BCUT2D eigenvalue weighted by molar-refractivity contribution is -0.120. The molecule has 2 aromatic rings. The summed E-state index contributed by atoms with van der Waals surface area (Å²) in [6.45, 7) is 6.97. The number of halogens is 1. The van der Waals surface area contributed by atoms with Gasteiger partial charge in [0.05, 0.1) is 28.9 Å². The molecule has 0 radical (unpaired) electrons. The molecule has 2 heterocycles. The topological polar surface area (TPSA) is 74.8 Å². The van der Waals surface area contributed by atoms with Crippen molar-refractivity contribution in [3.8, 4) is 0 Å². The van der Waals surface area contributed by atoms with Gasteiger partial charge in [-0.25, -0.2) is 9.78 Å². The van der Waals surface area contributed by atoms with E-state index in [0.29, 0.717) is 22.9 Å². The third-order valence-electron chi connectivity index (χ3n) is 4.96. The molecular formula is C21H25ClN4O3. The van der Waals surface area contributed by atoms with Gasteiger partial charge in [-0.3, -0.25) is 9.69 Å². The Bertz CT molecular complexity index is 851. The average molecular weight is 417 g/mol. The van der Waals surface area contributed by atoms with Crippen LogP contribution in [0.4, 0.5) is 11.5 Å². The van der Waals surface area contributed by atoms with Crippen molar-refractivity contribution in [3.63, 3.8) is 0 Å². The summed E-state index contributed by atoms with van der Waals surface area (Å²) in [4.78, 5) is 33.0. The van der Waals surface area contributed by atoms with Gasteiger partial charge in [0.25, 0.3) is 0 Å². The van der Waals surface area contributed by atoms with E-state index in [1.165, 1.54) is 0 Å². The molecule has 7 nitrogen and oxygen atoms in total. The molecule has 0 aliphatic carbocycles. The summed E-state index contributed by atoms with van der Waals surface area (Å²) in [6, 6.07) is 10.5. The number of piperazine rings is 1. The van der Waals surface area contributed by atoms with Crippen LogP contribution in [0, 0.1) is 0 Å². The van der Waals surface area contributed by atoms with E-state index in [0.717, 1.165) is 32.0 Å². The second-order valence-corrected chi connectivity index (χ2v) is 7.20. The second kappa shape index (κ2) is 9.71. The van der Waals surface area contributed by atoms with Crippen LogP contribution < -0.4 is 10.2 Å². The molecule has 1 fully saturated rings. The third-order valence-corrected chi connectivity index (χ3v) is 5.29. The Balaban J connectivity index is 1.53. The molecule has 1 unspecified atom stereocenters. The first-order chi connectivity index (χ1) is 14.0. The number of para-hydroxylation sites is 1. The van der Waals surface area contributed by atoms with Gasteiger partial charge in [0.15, 0.2) is 0 Å². The van der Waals surface area contributed by atoms with Crippen LogP contribution in [-0.2, 0) is 9.53 Å². The number of benzene rings is 1. The maximum Gasteiger partial charge on any atom is 0.339 e. The Kier molecular flexibility index (Phi) is 7.06. The maximum atomic E-state index is 12.6. The predicted octanol–water partition coefficient (Wildman–Crippen LogP) is 3.06. The van der Waals surface area contributed by atoms with Crippen molar-refractivity contribution in [2.75, 3.05) is 43.0 Å². The number of hydrogen-bond acceptors (Lipinski definition) is 6. The fourth-order valence-corrected chi connectivity index (χ4v) is 3.40. The summed E-state index contributed by atoms with van der Waals surface area (Å²) in [5.41, 5.74) is 1.06. The molecule has 1 aliphatic rings. The highest BCUT2D eigenvalue weighted by atomic mass is 35.5. The molecule has 0 saturated carbocycles. The molecule has 0 spiro atoms. The van der Waals surface area contributed by atoms with Crippen LogP contribution in [0.15, 0.2) is 42.6 Å². The molecule has 1 aliphatic heterocycles. The van der Waals surface area contributed by atoms with Crippen molar-refractivity contribution >= 4 is 35.0 Å². The first kappa shape index (κ1) is 21.1.